The molecule has 0 aliphatic heterocycles. The Morgan fingerprint density at radius 2 is 2.19 bits per heavy atom. The van der Waals surface area contributed by atoms with E-state index in [0.29, 0.717) is 0 Å². The number of carbonyl (C=O) groups is 1. The molecule has 0 aliphatic carbocycles. The topological polar surface area (TPSA) is 80.0 Å². The van der Waals surface area contributed by atoms with Gasteiger partial charge in [0.25, 0.3) is 5.91 Å². The van der Waals surface area contributed by atoms with Crippen LogP contribution in [0.3, 0.4) is 0 Å². The van der Waals surface area contributed by atoms with Crippen LogP contribution in [0.25, 0.3) is 0 Å². The number of carbonyl (C=O) groups excluding carboxylic acids is 1. The van der Waals surface area contributed by atoms with Crippen LogP contribution in [0.2, 0.25) is 0 Å². The van der Waals surface area contributed by atoms with Gasteiger partial charge in [-0.3, -0.25) is 15.6 Å². The highest BCUT2D eigenvalue weighted by molar-refractivity contribution is 5.99. The second-order valence-corrected chi connectivity index (χ2v) is 2.86. The average Bonchev–Trinajstić information content (AvgIpc) is 2.25. The molecule has 5 nitrogen and oxygen atoms in total. The number of alkyl halides is 3. The number of amides is 1. The lowest BCUT2D eigenvalue weighted by atomic mass is 10.2. The van der Waals surface area contributed by atoms with Crippen molar-refractivity contribution in [1.82, 2.24) is 10.3 Å². The molecule has 0 saturated carbocycles. The molecule has 1 aromatic rings. The molecule has 8 heteroatoms. The van der Waals surface area contributed by atoms with E-state index in [1.165, 1.54) is 18.5 Å². The van der Waals surface area contributed by atoms with Gasteiger partial charge in [0.1, 0.15) is 6.54 Å². The first kappa shape index (κ1) is 12.2. The van der Waals surface area contributed by atoms with Gasteiger partial charge in [0.15, 0.2) is 0 Å². The Morgan fingerprint density at radius 3 is 2.75 bits per heavy atom. The van der Waals surface area contributed by atoms with Gasteiger partial charge in [0.05, 0.1) is 17.4 Å². The number of hydrogen-bond donors (Lipinski definition) is 3. The standard InChI is InChI=1S/C8H9F3N4O/c9-8(10,11)4-14-7(16)5-1-2-13-3-6(5)15-12/h1-3,15H,4,12H2,(H,14,16). The van der Waals surface area contributed by atoms with Crippen molar-refractivity contribution in [2.45, 2.75) is 6.18 Å². The van der Waals surface area contributed by atoms with Gasteiger partial charge >= 0.3 is 6.18 Å². The maximum atomic E-state index is 11.8. The van der Waals surface area contributed by atoms with E-state index in [4.69, 9.17) is 5.84 Å². The van der Waals surface area contributed by atoms with Crippen molar-refractivity contribution < 1.29 is 18.0 Å². The van der Waals surface area contributed by atoms with E-state index in [1.807, 2.05) is 0 Å². The van der Waals surface area contributed by atoms with Gasteiger partial charge in [-0.25, -0.2) is 0 Å². The third-order valence-corrected chi connectivity index (χ3v) is 1.67. The summed E-state index contributed by atoms with van der Waals surface area (Å²) in [5.74, 6) is 4.21. The third-order valence-electron chi connectivity index (χ3n) is 1.67. The van der Waals surface area contributed by atoms with Crippen molar-refractivity contribution >= 4 is 11.6 Å². The van der Waals surface area contributed by atoms with Crippen LogP contribution >= 0.6 is 0 Å². The lowest BCUT2D eigenvalue weighted by molar-refractivity contribution is -0.123. The molecule has 1 heterocycles. The number of anilines is 1. The smallest absolute Gasteiger partial charge is 0.343 e. The molecule has 0 atom stereocenters. The molecule has 1 rings (SSSR count). The summed E-state index contributed by atoms with van der Waals surface area (Å²) in [5, 5.41) is 1.73. The minimum absolute atomic E-state index is 0.00162. The number of rotatable bonds is 3. The van der Waals surface area contributed by atoms with Crippen LogP contribution in [0, 0.1) is 0 Å². The number of hydrogen-bond acceptors (Lipinski definition) is 4. The van der Waals surface area contributed by atoms with Crippen LogP contribution in [0.5, 0.6) is 0 Å². The summed E-state index contributed by atoms with van der Waals surface area (Å²) >= 11 is 0. The Morgan fingerprint density at radius 1 is 1.50 bits per heavy atom. The summed E-state index contributed by atoms with van der Waals surface area (Å²) in [6.07, 6.45) is -1.93. The van der Waals surface area contributed by atoms with Crippen LogP contribution in [-0.2, 0) is 0 Å². The van der Waals surface area contributed by atoms with E-state index in [-0.39, 0.29) is 11.3 Å². The van der Waals surface area contributed by atoms with Crippen LogP contribution in [-0.4, -0.2) is 23.6 Å². The SMILES string of the molecule is NNc1cnccc1C(=O)NCC(F)(F)F. The maximum Gasteiger partial charge on any atom is 0.405 e. The Bertz CT molecular complexity index is 380. The molecule has 0 radical (unpaired) electrons. The van der Waals surface area contributed by atoms with Gasteiger partial charge in [-0.1, -0.05) is 0 Å². The predicted molar refractivity (Wildman–Crippen MR) is 50.4 cm³/mol. The number of nitrogens with zero attached hydrogens (tertiary/aromatic N) is 1. The number of nitrogens with one attached hydrogen (secondary N) is 2. The number of aromatic nitrogens is 1. The first-order chi connectivity index (χ1) is 7.44. The second kappa shape index (κ2) is 4.79. The quantitative estimate of drug-likeness (QED) is 0.530. The van der Waals surface area contributed by atoms with E-state index >= 15 is 0 Å². The Kier molecular flexibility index (Phi) is 3.67. The number of hydrazine groups is 1. The predicted octanol–water partition coefficient (Wildman–Crippen LogP) is 0.659. The van der Waals surface area contributed by atoms with Gasteiger partial charge in [-0.05, 0) is 6.07 Å². The first-order valence-electron chi connectivity index (χ1n) is 4.19. The zero-order valence-corrected chi connectivity index (χ0v) is 8.01. The lowest BCUT2D eigenvalue weighted by Crippen LogP contribution is -2.34. The van der Waals surface area contributed by atoms with Crippen molar-refractivity contribution in [3.63, 3.8) is 0 Å². The van der Waals surface area contributed by atoms with E-state index in [0.717, 1.165) is 0 Å². The summed E-state index contributed by atoms with van der Waals surface area (Å²) in [6.45, 7) is -1.39. The first-order valence-corrected chi connectivity index (χ1v) is 4.19. The number of nitrogen functional groups attached to an aromatic ring is 1. The molecule has 0 fully saturated rings. The molecule has 0 unspecified atom stereocenters. The molecule has 0 bridgehead atoms. The number of pyridine rings is 1. The van der Waals surface area contributed by atoms with Gasteiger partial charge in [-0.15, -0.1) is 0 Å². The Hall–Kier alpha value is -1.83. The highest BCUT2D eigenvalue weighted by atomic mass is 19.4. The Balaban J connectivity index is 2.73. The molecule has 0 spiro atoms. The van der Waals surface area contributed by atoms with E-state index in [1.54, 1.807) is 5.32 Å². The van der Waals surface area contributed by atoms with Crippen molar-refractivity contribution in [2.24, 2.45) is 5.84 Å². The van der Waals surface area contributed by atoms with E-state index in [2.05, 4.69) is 10.4 Å². The van der Waals surface area contributed by atoms with Crippen LogP contribution < -0.4 is 16.6 Å². The summed E-state index contributed by atoms with van der Waals surface area (Å²) in [7, 11) is 0. The van der Waals surface area contributed by atoms with Crippen LogP contribution in [0.4, 0.5) is 18.9 Å². The molecule has 88 valence electrons. The van der Waals surface area contributed by atoms with Crippen molar-refractivity contribution in [3.8, 4) is 0 Å². The Labute approximate surface area is 88.8 Å². The molecule has 1 amide bonds. The highest BCUT2D eigenvalue weighted by Crippen LogP contribution is 2.14. The summed E-state index contributed by atoms with van der Waals surface area (Å²) in [6, 6.07) is 1.26. The molecule has 1 aromatic heterocycles. The molecule has 0 saturated heterocycles. The molecule has 4 N–H and O–H groups in total. The summed E-state index contributed by atoms with van der Waals surface area (Å²) in [5.41, 5.74) is 2.33. The maximum absolute atomic E-state index is 11.8. The van der Waals surface area contributed by atoms with Crippen LogP contribution in [0.15, 0.2) is 18.5 Å². The van der Waals surface area contributed by atoms with Crippen LogP contribution in [0.1, 0.15) is 10.4 Å². The lowest BCUT2D eigenvalue weighted by Gasteiger charge is -2.10. The zero-order chi connectivity index (χ0) is 12.2. The van der Waals surface area contributed by atoms with Crippen molar-refractivity contribution in [1.29, 1.82) is 0 Å². The fourth-order valence-corrected chi connectivity index (χ4v) is 0.983. The van der Waals surface area contributed by atoms with Gasteiger partial charge in [-0.2, -0.15) is 13.2 Å². The highest BCUT2D eigenvalue weighted by Gasteiger charge is 2.28. The minimum atomic E-state index is -4.45. The van der Waals surface area contributed by atoms with Crippen molar-refractivity contribution in [2.75, 3.05) is 12.0 Å². The van der Waals surface area contributed by atoms with Gasteiger partial charge in [0.2, 0.25) is 0 Å². The van der Waals surface area contributed by atoms with E-state index in [9.17, 15) is 18.0 Å². The van der Waals surface area contributed by atoms with E-state index < -0.39 is 18.6 Å². The second-order valence-electron chi connectivity index (χ2n) is 2.86. The molecular weight excluding hydrogens is 225 g/mol. The molecular formula is C8H9F3N4O. The third kappa shape index (κ3) is 3.39. The fourth-order valence-electron chi connectivity index (χ4n) is 0.983. The summed E-state index contributed by atoms with van der Waals surface area (Å²) < 4.78 is 35.5. The van der Waals surface area contributed by atoms with Gasteiger partial charge in [0, 0.05) is 6.20 Å². The largest absolute Gasteiger partial charge is 0.405 e. The summed E-state index contributed by atoms with van der Waals surface area (Å²) in [4.78, 5) is 15.0. The monoisotopic (exact) mass is 234 g/mol. The van der Waals surface area contributed by atoms with Gasteiger partial charge < -0.3 is 10.7 Å². The number of nitrogens with two attached hydrogens (primary N) is 1. The molecule has 0 aliphatic rings. The zero-order valence-electron chi connectivity index (χ0n) is 8.01. The average molecular weight is 234 g/mol. The molecule has 16 heavy (non-hydrogen) atoms. The number of halogens is 3. The minimum Gasteiger partial charge on any atom is -0.343 e. The molecule has 0 aromatic carbocycles. The normalized spacial score (nSPS) is 11.0. The fraction of sp³-hybridized carbons (Fsp3) is 0.250. The van der Waals surface area contributed by atoms with Crippen molar-refractivity contribution in [3.05, 3.63) is 24.0 Å².